The summed E-state index contributed by atoms with van der Waals surface area (Å²) in [6.45, 7) is 0. The van der Waals surface area contributed by atoms with Crippen LogP contribution < -0.4 is 22.1 Å². The number of nitrogens with one attached hydrogen (secondary N) is 2. The molecule has 0 radical (unpaired) electrons. The maximum Gasteiger partial charge on any atom is 0.314 e. The normalized spacial score (nSPS) is 9.92. The van der Waals surface area contributed by atoms with E-state index in [4.69, 9.17) is 11.5 Å². The predicted octanol–water partition coefficient (Wildman–Crippen LogP) is -1.60. The smallest absolute Gasteiger partial charge is 0.314 e. The van der Waals surface area contributed by atoms with E-state index in [-0.39, 0.29) is 0 Å². The molecule has 0 saturated heterocycles. The highest BCUT2D eigenvalue weighted by Crippen LogP contribution is 1.80. The van der Waals surface area contributed by atoms with Gasteiger partial charge in [0.15, 0.2) is 0 Å². The molecule has 0 rings (SSSR count). The Balaban J connectivity index is 4.17. The Labute approximate surface area is 74.1 Å². The highest BCUT2D eigenvalue weighted by Gasteiger charge is 2.06. The maximum absolute atomic E-state index is 10.4. The molecule has 0 bridgehead atoms. The molecule has 0 spiro atoms. The highest BCUT2D eigenvalue weighted by molar-refractivity contribution is 5.76. The molecule has 0 saturated carbocycles. The lowest BCUT2D eigenvalue weighted by Crippen LogP contribution is -2.50. The first-order valence-corrected chi connectivity index (χ1v) is 3.30. The van der Waals surface area contributed by atoms with Crippen molar-refractivity contribution in [1.29, 1.82) is 0 Å². The molecule has 4 amide bonds. The van der Waals surface area contributed by atoms with Crippen molar-refractivity contribution in [3.05, 3.63) is 12.2 Å². The van der Waals surface area contributed by atoms with Crippen molar-refractivity contribution in [3.63, 3.8) is 0 Å². The second kappa shape index (κ2) is 5.58. The first kappa shape index (κ1) is 11.0. The van der Waals surface area contributed by atoms with Gasteiger partial charge in [-0.15, -0.1) is 0 Å². The Kier molecular flexibility index (Phi) is 4.70. The molecule has 0 fully saturated rings. The monoisotopic (exact) mass is 186 g/mol. The fourth-order valence-electron chi connectivity index (χ4n) is 0.595. The lowest BCUT2D eigenvalue weighted by atomic mass is 10.4. The Bertz CT molecular complexity index is 222. The van der Waals surface area contributed by atoms with Gasteiger partial charge in [0.05, 0.1) is 0 Å². The van der Waals surface area contributed by atoms with Crippen molar-refractivity contribution in [3.8, 4) is 0 Å². The van der Waals surface area contributed by atoms with Crippen molar-refractivity contribution < 1.29 is 14.4 Å². The summed E-state index contributed by atoms with van der Waals surface area (Å²) in [5.41, 5.74) is 9.55. The van der Waals surface area contributed by atoms with E-state index in [1.54, 1.807) is 0 Å². The van der Waals surface area contributed by atoms with E-state index >= 15 is 0 Å². The number of urea groups is 2. The third kappa shape index (κ3) is 6.35. The highest BCUT2D eigenvalue weighted by atomic mass is 16.2. The molecule has 0 heterocycles. The van der Waals surface area contributed by atoms with Crippen molar-refractivity contribution >= 4 is 18.3 Å². The number of aldehydes is 1. The van der Waals surface area contributed by atoms with E-state index < -0.39 is 18.2 Å². The molecule has 7 nitrogen and oxygen atoms in total. The number of hydrogen-bond acceptors (Lipinski definition) is 3. The number of hydrogen-bond donors (Lipinski definition) is 4. The maximum atomic E-state index is 10.4. The van der Waals surface area contributed by atoms with Crippen molar-refractivity contribution in [1.82, 2.24) is 10.6 Å². The summed E-state index contributed by atoms with van der Waals surface area (Å²) in [5, 5.41) is 4.25. The average Bonchev–Trinajstić information content (AvgIpc) is 1.98. The number of amides is 4. The molecular formula is C6H10N4O3. The van der Waals surface area contributed by atoms with Crippen LogP contribution in [0.1, 0.15) is 0 Å². The van der Waals surface area contributed by atoms with Crippen LogP contribution in [0, 0.1) is 0 Å². The molecule has 0 aliphatic heterocycles. The van der Waals surface area contributed by atoms with E-state index in [1.165, 1.54) is 6.08 Å². The van der Waals surface area contributed by atoms with Gasteiger partial charge < -0.3 is 22.1 Å². The number of primary amides is 2. The zero-order valence-corrected chi connectivity index (χ0v) is 6.69. The topological polar surface area (TPSA) is 127 Å². The summed E-state index contributed by atoms with van der Waals surface area (Å²) in [4.78, 5) is 30.6. The standard InChI is InChI=1S/C6H10N4O3/c7-5(12)9-4(2-1-3-11)10-6(8)13/h1-4H,(H3,7,9,12)(H3,8,10,13)/b2-1+. The zero-order valence-electron chi connectivity index (χ0n) is 6.69. The molecular weight excluding hydrogens is 176 g/mol. The second-order valence-electron chi connectivity index (χ2n) is 2.02. The van der Waals surface area contributed by atoms with Crippen molar-refractivity contribution in [2.45, 2.75) is 6.17 Å². The van der Waals surface area contributed by atoms with Gasteiger partial charge in [-0.2, -0.15) is 0 Å². The quantitative estimate of drug-likeness (QED) is 0.240. The van der Waals surface area contributed by atoms with Gasteiger partial charge in [0.1, 0.15) is 12.5 Å². The Morgan fingerprint density at radius 1 is 1.15 bits per heavy atom. The van der Waals surface area contributed by atoms with Crippen LogP contribution in [0.5, 0.6) is 0 Å². The summed E-state index contributed by atoms with van der Waals surface area (Å²) < 4.78 is 0. The summed E-state index contributed by atoms with van der Waals surface area (Å²) >= 11 is 0. The lowest BCUT2D eigenvalue weighted by Gasteiger charge is -2.12. The summed E-state index contributed by atoms with van der Waals surface area (Å²) in [7, 11) is 0. The summed E-state index contributed by atoms with van der Waals surface area (Å²) in [6.07, 6.45) is 1.93. The lowest BCUT2D eigenvalue weighted by molar-refractivity contribution is -0.104. The average molecular weight is 186 g/mol. The van der Waals surface area contributed by atoms with Gasteiger partial charge in [0.2, 0.25) is 0 Å². The molecule has 7 heteroatoms. The largest absolute Gasteiger partial charge is 0.352 e. The van der Waals surface area contributed by atoms with Gasteiger partial charge in [-0.05, 0) is 12.2 Å². The minimum Gasteiger partial charge on any atom is -0.352 e. The Morgan fingerprint density at radius 2 is 1.62 bits per heavy atom. The number of nitrogens with two attached hydrogens (primary N) is 2. The molecule has 0 unspecified atom stereocenters. The molecule has 0 aliphatic carbocycles. The van der Waals surface area contributed by atoms with Crippen LogP contribution in [0.25, 0.3) is 0 Å². The van der Waals surface area contributed by atoms with E-state index in [0.717, 1.165) is 6.08 Å². The van der Waals surface area contributed by atoms with Gasteiger partial charge in [-0.3, -0.25) is 4.79 Å². The summed E-state index contributed by atoms with van der Waals surface area (Å²) in [5.74, 6) is 0. The third-order valence-electron chi connectivity index (χ3n) is 0.978. The van der Waals surface area contributed by atoms with Crippen molar-refractivity contribution in [2.75, 3.05) is 0 Å². The van der Waals surface area contributed by atoms with Crippen LogP contribution in [-0.4, -0.2) is 24.5 Å². The SMILES string of the molecule is NC(=O)NC(/C=C/C=O)NC(N)=O. The van der Waals surface area contributed by atoms with Crippen LogP contribution in [-0.2, 0) is 4.79 Å². The van der Waals surface area contributed by atoms with Crippen LogP contribution in [0.15, 0.2) is 12.2 Å². The van der Waals surface area contributed by atoms with Gasteiger partial charge in [0, 0.05) is 0 Å². The first-order chi connectivity index (χ1) is 6.06. The van der Waals surface area contributed by atoms with Crippen LogP contribution in [0.4, 0.5) is 9.59 Å². The minimum atomic E-state index is -0.875. The van der Waals surface area contributed by atoms with E-state index in [9.17, 15) is 14.4 Å². The third-order valence-corrected chi connectivity index (χ3v) is 0.978. The van der Waals surface area contributed by atoms with Gasteiger partial charge in [-0.1, -0.05) is 0 Å². The molecule has 13 heavy (non-hydrogen) atoms. The van der Waals surface area contributed by atoms with Gasteiger partial charge in [-0.25, -0.2) is 9.59 Å². The van der Waals surface area contributed by atoms with Crippen LogP contribution in [0.2, 0.25) is 0 Å². The zero-order chi connectivity index (χ0) is 10.3. The van der Waals surface area contributed by atoms with Gasteiger partial charge >= 0.3 is 12.1 Å². The Hall–Kier alpha value is -2.05. The molecule has 0 aliphatic rings. The number of carbonyl (C=O) groups excluding carboxylic acids is 3. The van der Waals surface area contributed by atoms with E-state index in [1.807, 2.05) is 0 Å². The number of carbonyl (C=O) groups is 3. The minimum absolute atomic E-state index is 0.484. The van der Waals surface area contributed by atoms with Crippen LogP contribution >= 0.6 is 0 Å². The fourth-order valence-corrected chi connectivity index (χ4v) is 0.595. The van der Waals surface area contributed by atoms with Crippen molar-refractivity contribution in [2.24, 2.45) is 11.5 Å². The molecule has 0 aromatic rings. The molecule has 72 valence electrons. The molecule has 0 atom stereocenters. The molecule has 0 aromatic carbocycles. The number of rotatable bonds is 4. The molecule has 0 aromatic heterocycles. The van der Waals surface area contributed by atoms with Crippen LogP contribution in [0.3, 0.4) is 0 Å². The predicted molar refractivity (Wildman–Crippen MR) is 44.4 cm³/mol. The fraction of sp³-hybridized carbons (Fsp3) is 0.167. The Morgan fingerprint density at radius 3 is 1.92 bits per heavy atom. The summed E-state index contributed by atoms with van der Waals surface area (Å²) in [6, 6.07) is -1.68. The first-order valence-electron chi connectivity index (χ1n) is 3.30. The van der Waals surface area contributed by atoms with Gasteiger partial charge in [0.25, 0.3) is 0 Å². The van der Waals surface area contributed by atoms with E-state index in [2.05, 4.69) is 10.6 Å². The molecule has 6 N–H and O–H groups in total. The number of allylic oxidation sites excluding steroid dienone is 1. The second-order valence-corrected chi connectivity index (χ2v) is 2.02. The van der Waals surface area contributed by atoms with E-state index in [0.29, 0.717) is 6.29 Å².